The van der Waals surface area contributed by atoms with E-state index in [9.17, 15) is 13.2 Å². The smallest absolute Gasteiger partial charge is 0.253 e. The van der Waals surface area contributed by atoms with Crippen LogP contribution < -0.4 is 20.9 Å². The van der Waals surface area contributed by atoms with Gasteiger partial charge in [-0.1, -0.05) is 38.0 Å². The molecule has 0 unspecified atom stereocenters. The summed E-state index contributed by atoms with van der Waals surface area (Å²) >= 11 is 5.16. The van der Waals surface area contributed by atoms with Crippen LogP contribution in [0.25, 0.3) is 0 Å². The van der Waals surface area contributed by atoms with Crippen molar-refractivity contribution >= 4 is 33.3 Å². The van der Waals surface area contributed by atoms with Gasteiger partial charge in [0.25, 0.3) is 5.91 Å². The number of hydrogen-bond donors (Lipinski definition) is 4. The first-order valence-electron chi connectivity index (χ1n) is 8.28. The molecule has 138 valence electrons. The van der Waals surface area contributed by atoms with Gasteiger partial charge < -0.3 is 5.32 Å². The molecule has 2 atom stereocenters. The summed E-state index contributed by atoms with van der Waals surface area (Å²) in [5.41, 5.74) is 5.00. The van der Waals surface area contributed by atoms with Crippen LogP contribution in [-0.2, 0) is 14.8 Å². The molecule has 1 amide bonds. The number of thiocarbonyl (C=S) groups is 1. The van der Waals surface area contributed by atoms with Crippen LogP contribution in [0.1, 0.15) is 32.6 Å². The van der Waals surface area contributed by atoms with E-state index < -0.39 is 15.9 Å². The van der Waals surface area contributed by atoms with Gasteiger partial charge in [-0.15, -0.1) is 0 Å². The van der Waals surface area contributed by atoms with Crippen LogP contribution >= 0.6 is 12.2 Å². The number of carbonyl (C=O) groups excluding carboxylic acids is 1. The van der Waals surface area contributed by atoms with Crippen molar-refractivity contribution in [1.29, 1.82) is 0 Å². The monoisotopic (exact) mass is 384 g/mol. The van der Waals surface area contributed by atoms with Gasteiger partial charge in [-0.2, -0.15) is 0 Å². The van der Waals surface area contributed by atoms with E-state index in [1.807, 2.05) is 0 Å². The van der Waals surface area contributed by atoms with Crippen LogP contribution in [0, 0.1) is 5.92 Å². The lowest BCUT2D eigenvalue weighted by Crippen LogP contribution is -2.53. The largest absolute Gasteiger partial charge is 0.358 e. The molecule has 1 aliphatic carbocycles. The van der Waals surface area contributed by atoms with E-state index in [0.29, 0.717) is 17.1 Å². The Hall–Kier alpha value is -1.71. The van der Waals surface area contributed by atoms with Crippen LogP contribution in [0.15, 0.2) is 35.2 Å². The van der Waals surface area contributed by atoms with Gasteiger partial charge in [-0.25, -0.2) is 13.1 Å². The molecule has 0 bridgehead atoms. The third kappa shape index (κ3) is 6.26. The molecule has 0 spiro atoms. The second-order valence-corrected chi connectivity index (χ2v) is 8.33. The molecule has 0 aliphatic heterocycles. The maximum absolute atomic E-state index is 12.0. The minimum absolute atomic E-state index is 0.110. The normalized spacial score (nSPS) is 20.5. The Morgan fingerprint density at radius 3 is 2.52 bits per heavy atom. The van der Waals surface area contributed by atoms with Gasteiger partial charge in [0, 0.05) is 6.04 Å². The molecule has 7 nitrogen and oxygen atoms in total. The van der Waals surface area contributed by atoms with Gasteiger partial charge in [-0.3, -0.25) is 15.6 Å². The Bertz CT molecular complexity index is 695. The minimum atomic E-state index is -3.71. The standard InChI is InChI=1S/C16H24N4O3S2/c1-12-7-5-6-10-14(12)18-16(24)20-19-15(21)11-17-25(22,23)13-8-3-2-4-9-13/h2-4,8-9,12,14,17H,5-7,10-11H2,1H3,(H,19,21)(H2,18,20,24)/t12-,14-/m0/s1. The number of amides is 1. The summed E-state index contributed by atoms with van der Waals surface area (Å²) in [7, 11) is -3.71. The van der Waals surface area contributed by atoms with E-state index in [1.165, 1.54) is 18.6 Å². The first-order valence-corrected chi connectivity index (χ1v) is 10.2. The Morgan fingerprint density at radius 1 is 1.16 bits per heavy atom. The molecule has 0 aromatic heterocycles. The lowest BCUT2D eigenvalue weighted by Gasteiger charge is -2.30. The zero-order valence-corrected chi connectivity index (χ0v) is 15.8. The van der Waals surface area contributed by atoms with Gasteiger partial charge in [0.1, 0.15) is 0 Å². The number of hydrazine groups is 1. The molecule has 9 heteroatoms. The SMILES string of the molecule is C[C@H]1CCCC[C@@H]1NC(=S)NNC(=O)CNS(=O)(=O)c1ccccc1. The summed E-state index contributed by atoms with van der Waals surface area (Å²) in [6.07, 6.45) is 4.61. The molecule has 0 radical (unpaired) electrons. The van der Waals surface area contributed by atoms with E-state index >= 15 is 0 Å². The van der Waals surface area contributed by atoms with Crippen molar-refractivity contribution in [2.75, 3.05) is 6.54 Å². The highest BCUT2D eigenvalue weighted by Crippen LogP contribution is 2.23. The molecular weight excluding hydrogens is 360 g/mol. The number of hydrogen-bond acceptors (Lipinski definition) is 4. The second kappa shape index (κ2) is 9.12. The summed E-state index contributed by atoms with van der Waals surface area (Å²) in [6, 6.07) is 8.17. The summed E-state index contributed by atoms with van der Waals surface area (Å²) in [6.45, 7) is 1.79. The lowest BCUT2D eigenvalue weighted by molar-refractivity contribution is -0.120. The van der Waals surface area contributed by atoms with Crippen molar-refractivity contribution in [2.45, 2.75) is 43.5 Å². The highest BCUT2D eigenvalue weighted by molar-refractivity contribution is 7.89. The quantitative estimate of drug-likeness (QED) is 0.447. The molecule has 1 aromatic rings. The summed E-state index contributed by atoms with van der Waals surface area (Å²) in [4.78, 5) is 11.9. The molecule has 0 saturated heterocycles. The zero-order chi connectivity index (χ0) is 18.3. The minimum Gasteiger partial charge on any atom is -0.358 e. The number of carbonyl (C=O) groups is 1. The molecule has 0 heterocycles. The van der Waals surface area contributed by atoms with Crippen LogP contribution in [0.3, 0.4) is 0 Å². The van der Waals surface area contributed by atoms with Crippen LogP contribution in [-0.4, -0.2) is 32.0 Å². The van der Waals surface area contributed by atoms with E-state index in [4.69, 9.17) is 12.2 Å². The van der Waals surface area contributed by atoms with Gasteiger partial charge in [0.05, 0.1) is 11.4 Å². The highest BCUT2D eigenvalue weighted by Gasteiger charge is 2.21. The van der Waals surface area contributed by atoms with Gasteiger partial charge >= 0.3 is 0 Å². The summed E-state index contributed by atoms with van der Waals surface area (Å²) in [5, 5.41) is 3.52. The Balaban J connectivity index is 1.72. The zero-order valence-electron chi connectivity index (χ0n) is 14.1. The highest BCUT2D eigenvalue weighted by atomic mass is 32.2. The number of rotatable bonds is 5. The van der Waals surface area contributed by atoms with Crippen molar-refractivity contribution in [3.05, 3.63) is 30.3 Å². The van der Waals surface area contributed by atoms with Gasteiger partial charge in [0.2, 0.25) is 10.0 Å². The van der Waals surface area contributed by atoms with Crippen molar-refractivity contribution in [3.63, 3.8) is 0 Å². The van der Waals surface area contributed by atoms with Crippen LogP contribution in [0.4, 0.5) is 0 Å². The fourth-order valence-electron chi connectivity index (χ4n) is 2.75. The summed E-state index contributed by atoms with van der Waals surface area (Å²) < 4.78 is 26.3. The van der Waals surface area contributed by atoms with Crippen molar-refractivity contribution in [2.24, 2.45) is 5.92 Å². The Morgan fingerprint density at radius 2 is 1.84 bits per heavy atom. The molecule has 1 fully saturated rings. The maximum atomic E-state index is 12.0. The fraction of sp³-hybridized carbons (Fsp3) is 0.500. The second-order valence-electron chi connectivity index (χ2n) is 6.15. The van der Waals surface area contributed by atoms with Crippen molar-refractivity contribution in [1.82, 2.24) is 20.9 Å². The third-order valence-electron chi connectivity index (χ3n) is 4.22. The number of benzene rings is 1. The van der Waals surface area contributed by atoms with E-state index in [2.05, 4.69) is 27.8 Å². The average molecular weight is 385 g/mol. The predicted octanol–water partition coefficient (Wildman–Crippen LogP) is 1.04. The molecular formula is C16H24N4O3S2. The van der Waals surface area contributed by atoms with Crippen molar-refractivity contribution < 1.29 is 13.2 Å². The van der Waals surface area contributed by atoms with Gasteiger partial charge in [-0.05, 0) is 43.1 Å². The topological polar surface area (TPSA) is 99.3 Å². The first-order chi connectivity index (χ1) is 11.9. The molecule has 1 aromatic carbocycles. The molecule has 25 heavy (non-hydrogen) atoms. The number of sulfonamides is 1. The van der Waals surface area contributed by atoms with Crippen molar-refractivity contribution in [3.8, 4) is 0 Å². The van der Waals surface area contributed by atoms with Crippen LogP contribution in [0.5, 0.6) is 0 Å². The Kier molecular flexibility index (Phi) is 7.15. The summed E-state index contributed by atoms with van der Waals surface area (Å²) in [5.74, 6) is 0.00207. The van der Waals surface area contributed by atoms with E-state index in [1.54, 1.807) is 18.2 Å². The lowest BCUT2D eigenvalue weighted by atomic mass is 9.86. The maximum Gasteiger partial charge on any atom is 0.253 e. The predicted molar refractivity (Wildman–Crippen MR) is 100 cm³/mol. The van der Waals surface area contributed by atoms with E-state index in [-0.39, 0.29) is 11.4 Å². The molecule has 1 aliphatic rings. The number of nitrogens with one attached hydrogen (secondary N) is 4. The first kappa shape index (κ1) is 19.6. The third-order valence-corrected chi connectivity index (χ3v) is 5.86. The molecule has 2 rings (SSSR count). The van der Waals surface area contributed by atoms with Gasteiger partial charge in [0.15, 0.2) is 5.11 Å². The van der Waals surface area contributed by atoms with Crippen LogP contribution in [0.2, 0.25) is 0 Å². The Labute approximate surface area is 154 Å². The average Bonchev–Trinajstić information content (AvgIpc) is 2.61. The van der Waals surface area contributed by atoms with E-state index in [0.717, 1.165) is 19.3 Å². The molecule has 4 N–H and O–H groups in total. The molecule has 1 saturated carbocycles. The fourth-order valence-corrected chi connectivity index (χ4v) is 3.95.